The van der Waals surface area contributed by atoms with E-state index in [0.717, 1.165) is 62.5 Å². The summed E-state index contributed by atoms with van der Waals surface area (Å²) in [6, 6.07) is 14.5. The Kier molecular flexibility index (Phi) is 11.2. The summed E-state index contributed by atoms with van der Waals surface area (Å²) in [5.41, 5.74) is 1.86. The molecule has 0 aliphatic carbocycles. The van der Waals surface area contributed by atoms with Crippen LogP contribution in [0.4, 0.5) is 0 Å². The first kappa shape index (κ1) is 26.4. The van der Waals surface area contributed by atoms with Crippen LogP contribution in [0.2, 0.25) is 5.02 Å². The number of rotatable bonds is 15. The topological polar surface area (TPSA) is 83.5 Å². The summed E-state index contributed by atoms with van der Waals surface area (Å²) in [6.07, 6.45) is 8.54. The summed E-state index contributed by atoms with van der Waals surface area (Å²) in [5.74, 6) is -0.729. The predicted molar refractivity (Wildman–Crippen MR) is 130 cm³/mol. The Hall–Kier alpha value is -1.89. The van der Waals surface area contributed by atoms with Crippen LogP contribution in [0, 0.1) is 0 Å². The predicted octanol–water partition coefficient (Wildman–Crippen LogP) is 6.19. The average Bonchev–Trinajstić information content (AvgIpc) is 2.74. The fraction of sp³-hybridized carbons (Fsp3) is 0.480. The quantitative estimate of drug-likeness (QED) is 0.298. The van der Waals surface area contributed by atoms with E-state index in [2.05, 4.69) is 4.72 Å². The fourth-order valence-corrected chi connectivity index (χ4v) is 5.18. The van der Waals surface area contributed by atoms with E-state index < -0.39 is 16.0 Å². The van der Waals surface area contributed by atoms with Crippen LogP contribution in [0.15, 0.2) is 53.4 Å². The first-order valence-electron chi connectivity index (χ1n) is 11.3. The highest BCUT2D eigenvalue weighted by molar-refractivity contribution is 7.89. The van der Waals surface area contributed by atoms with E-state index in [1.165, 1.54) is 0 Å². The molecule has 0 spiro atoms. The molecule has 0 radical (unpaired) electrons. The molecule has 0 aromatic heterocycles. The van der Waals surface area contributed by atoms with Gasteiger partial charge >= 0.3 is 5.97 Å². The molecule has 2 N–H and O–H groups in total. The number of hydrogen-bond donors (Lipinski definition) is 2. The molecule has 0 aliphatic rings. The number of carbonyl (C=O) groups is 1. The second kappa shape index (κ2) is 13.6. The van der Waals surface area contributed by atoms with E-state index in [4.69, 9.17) is 16.7 Å². The number of nitrogens with one attached hydrogen (secondary N) is 1. The molecule has 7 heteroatoms. The molecule has 1 atom stereocenters. The Balaban J connectivity index is 1.77. The van der Waals surface area contributed by atoms with Crippen LogP contribution in [0.3, 0.4) is 0 Å². The Morgan fingerprint density at radius 1 is 0.969 bits per heavy atom. The van der Waals surface area contributed by atoms with Crippen molar-refractivity contribution >= 4 is 27.6 Å². The van der Waals surface area contributed by atoms with Gasteiger partial charge < -0.3 is 5.11 Å². The Morgan fingerprint density at radius 2 is 1.59 bits per heavy atom. The number of carboxylic acids is 1. The van der Waals surface area contributed by atoms with Gasteiger partial charge in [0.25, 0.3) is 0 Å². The van der Waals surface area contributed by atoms with Gasteiger partial charge in [0.1, 0.15) is 0 Å². The van der Waals surface area contributed by atoms with Crippen molar-refractivity contribution in [2.45, 2.75) is 82.1 Å². The molecule has 0 amide bonds. The molecule has 2 rings (SSSR count). The largest absolute Gasteiger partial charge is 0.481 e. The van der Waals surface area contributed by atoms with Crippen LogP contribution in [0.1, 0.15) is 75.8 Å². The van der Waals surface area contributed by atoms with Crippen LogP contribution in [0.25, 0.3) is 0 Å². The monoisotopic (exact) mass is 479 g/mol. The van der Waals surface area contributed by atoms with Gasteiger partial charge in [0.2, 0.25) is 10.0 Å². The highest BCUT2D eigenvalue weighted by Gasteiger charge is 2.18. The van der Waals surface area contributed by atoms with Crippen LogP contribution in [-0.4, -0.2) is 25.5 Å². The number of hydrogen-bond acceptors (Lipinski definition) is 3. The lowest BCUT2D eigenvalue weighted by Crippen LogP contribution is -2.32. The standard InChI is InChI=1S/C25H34ClNO4S/c1-20(12-8-5-3-2-4-6-11-15-25(28)29)27-32(30,31)23-16-17-24(26)22(19-23)18-21-13-9-7-10-14-21/h7,9-10,13-14,16-17,19-20,27H,2-6,8,11-12,15,18H2,1H3,(H,28,29). The van der Waals surface area contributed by atoms with Gasteiger partial charge in [-0.25, -0.2) is 13.1 Å². The van der Waals surface area contributed by atoms with Crippen LogP contribution in [0.5, 0.6) is 0 Å². The van der Waals surface area contributed by atoms with Crippen molar-refractivity contribution in [3.05, 3.63) is 64.7 Å². The maximum atomic E-state index is 12.8. The van der Waals surface area contributed by atoms with E-state index in [1.54, 1.807) is 18.2 Å². The van der Waals surface area contributed by atoms with Crippen LogP contribution >= 0.6 is 11.6 Å². The van der Waals surface area contributed by atoms with E-state index in [9.17, 15) is 13.2 Å². The van der Waals surface area contributed by atoms with Gasteiger partial charge in [0, 0.05) is 17.5 Å². The van der Waals surface area contributed by atoms with Crippen LogP contribution < -0.4 is 4.72 Å². The molecule has 0 fully saturated rings. The molecule has 0 heterocycles. The third kappa shape index (κ3) is 9.72. The molecular formula is C25H34ClNO4S. The highest BCUT2D eigenvalue weighted by atomic mass is 35.5. The molecule has 5 nitrogen and oxygen atoms in total. The first-order valence-corrected chi connectivity index (χ1v) is 13.2. The minimum atomic E-state index is -3.61. The minimum absolute atomic E-state index is 0.149. The fourth-order valence-electron chi connectivity index (χ4n) is 3.67. The molecule has 0 bridgehead atoms. The third-order valence-electron chi connectivity index (χ3n) is 5.45. The number of unbranched alkanes of at least 4 members (excludes halogenated alkanes) is 6. The van der Waals surface area contributed by atoms with Crippen molar-refractivity contribution in [2.24, 2.45) is 0 Å². The average molecular weight is 480 g/mol. The van der Waals surface area contributed by atoms with Crippen molar-refractivity contribution in [2.75, 3.05) is 0 Å². The molecule has 0 aliphatic heterocycles. The van der Waals surface area contributed by atoms with Crippen molar-refractivity contribution in [1.82, 2.24) is 4.72 Å². The van der Waals surface area contributed by atoms with Gasteiger partial charge in [0.15, 0.2) is 0 Å². The lowest BCUT2D eigenvalue weighted by atomic mass is 10.1. The molecular weight excluding hydrogens is 446 g/mol. The molecule has 176 valence electrons. The number of benzene rings is 2. The summed E-state index contributed by atoms with van der Waals surface area (Å²) in [5, 5.41) is 9.18. The second-order valence-corrected chi connectivity index (χ2v) is 10.5. The van der Waals surface area contributed by atoms with Crippen molar-refractivity contribution < 1.29 is 18.3 Å². The van der Waals surface area contributed by atoms with E-state index in [-0.39, 0.29) is 17.4 Å². The van der Waals surface area contributed by atoms with Crippen molar-refractivity contribution in [3.63, 3.8) is 0 Å². The lowest BCUT2D eigenvalue weighted by molar-refractivity contribution is -0.137. The second-order valence-electron chi connectivity index (χ2n) is 8.35. The zero-order valence-electron chi connectivity index (χ0n) is 18.7. The molecule has 32 heavy (non-hydrogen) atoms. The van der Waals surface area contributed by atoms with Gasteiger partial charge in [-0.15, -0.1) is 0 Å². The minimum Gasteiger partial charge on any atom is -0.481 e. The van der Waals surface area contributed by atoms with E-state index in [0.29, 0.717) is 11.4 Å². The van der Waals surface area contributed by atoms with Gasteiger partial charge in [-0.1, -0.05) is 80.5 Å². The maximum Gasteiger partial charge on any atom is 0.303 e. The summed E-state index contributed by atoms with van der Waals surface area (Å²) in [4.78, 5) is 10.7. The van der Waals surface area contributed by atoms with Crippen LogP contribution in [-0.2, 0) is 21.2 Å². The summed E-state index contributed by atoms with van der Waals surface area (Å²) in [6.45, 7) is 1.89. The van der Waals surface area contributed by atoms with Gasteiger partial charge in [-0.2, -0.15) is 0 Å². The smallest absolute Gasteiger partial charge is 0.303 e. The van der Waals surface area contributed by atoms with Crippen molar-refractivity contribution in [1.29, 1.82) is 0 Å². The molecule has 1 unspecified atom stereocenters. The summed E-state index contributed by atoms with van der Waals surface area (Å²) in [7, 11) is -3.61. The van der Waals surface area contributed by atoms with Gasteiger partial charge in [0.05, 0.1) is 4.90 Å². The van der Waals surface area contributed by atoms with Gasteiger partial charge in [-0.3, -0.25) is 4.79 Å². The Labute approximate surface area is 197 Å². The van der Waals surface area contributed by atoms with Crippen molar-refractivity contribution in [3.8, 4) is 0 Å². The number of sulfonamides is 1. The molecule has 2 aromatic carbocycles. The third-order valence-corrected chi connectivity index (χ3v) is 7.40. The highest BCUT2D eigenvalue weighted by Crippen LogP contribution is 2.23. The van der Waals surface area contributed by atoms with E-state index in [1.807, 2.05) is 37.3 Å². The number of carboxylic acid groups (broad SMARTS) is 1. The molecule has 2 aromatic rings. The summed E-state index contributed by atoms with van der Waals surface area (Å²) >= 11 is 6.31. The lowest BCUT2D eigenvalue weighted by Gasteiger charge is -2.15. The zero-order valence-corrected chi connectivity index (χ0v) is 20.3. The Bertz CT molecular complexity index is 948. The zero-order chi connectivity index (χ0) is 23.4. The molecule has 0 saturated carbocycles. The number of halogens is 1. The normalized spacial score (nSPS) is 12.6. The van der Waals surface area contributed by atoms with E-state index >= 15 is 0 Å². The Morgan fingerprint density at radius 3 is 2.25 bits per heavy atom. The first-order chi connectivity index (χ1) is 15.3. The van der Waals surface area contributed by atoms with Gasteiger partial charge in [-0.05, 0) is 55.5 Å². The number of aliphatic carboxylic acids is 1. The maximum absolute atomic E-state index is 12.8. The molecule has 0 saturated heterocycles. The summed E-state index contributed by atoms with van der Waals surface area (Å²) < 4.78 is 28.5. The SMILES string of the molecule is CC(CCCCCCCCCC(=O)O)NS(=O)(=O)c1ccc(Cl)c(Cc2ccccc2)c1.